The third-order valence-corrected chi connectivity index (χ3v) is 8.52. The molecule has 0 radical (unpaired) electrons. The highest BCUT2D eigenvalue weighted by Gasteiger charge is 2.44. The van der Waals surface area contributed by atoms with E-state index in [0.29, 0.717) is 12.1 Å². The van der Waals surface area contributed by atoms with Crippen molar-refractivity contribution in [2.45, 2.75) is 51.0 Å². The van der Waals surface area contributed by atoms with Gasteiger partial charge in [0.05, 0.1) is 12.9 Å². The van der Waals surface area contributed by atoms with E-state index in [4.69, 9.17) is 25.0 Å². The topological polar surface area (TPSA) is 265 Å². The van der Waals surface area contributed by atoms with Crippen LogP contribution in [-0.2, 0) is 41.1 Å². The Bertz CT molecular complexity index is 1230. The number of phosphoric ester groups is 1. The average Bonchev–Trinajstić information content (AvgIpc) is 3.33. The first-order chi connectivity index (χ1) is 16.7. The molecule has 0 amide bonds. The molecule has 0 spiro atoms. The van der Waals surface area contributed by atoms with Gasteiger partial charge in [-0.1, -0.05) is 13.3 Å². The average molecular weight is 575 g/mol. The minimum absolute atomic E-state index is 0.0393. The van der Waals surface area contributed by atoms with Gasteiger partial charge in [-0.2, -0.15) is 8.62 Å². The second-order valence-corrected chi connectivity index (χ2v) is 11.9. The van der Waals surface area contributed by atoms with Gasteiger partial charge in [-0.05, 0) is 6.42 Å². The summed E-state index contributed by atoms with van der Waals surface area (Å²) in [5.41, 5.74) is 6.38. The van der Waals surface area contributed by atoms with Crippen molar-refractivity contribution in [2.24, 2.45) is 0 Å². The molecular weight excluding hydrogens is 551 g/mol. The summed E-state index contributed by atoms with van der Waals surface area (Å²) < 4.78 is 59.2. The number of carbonyl (C=O) groups is 1. The van der Waals surface area contributed by atoms with E-state index in [1.807, 2.05) is 6.92 Å². The van der Waals surface area contributed by atoms with Crippen molar-refractivity contribution in [3.8, 4) is 0 Å². The maximum absolute atomic E-state index is 12.2. The molecule has 3 rings (SSSR count). The van der Waals surface area contributed by atoms with Crippen LogP contribution < -0.4 is 5.73 Å². The fourth-order valence-electron chi connectivity index (χ4n) is 3.25. The zero-order valence-corrected chi connectivity index (χ0v) is 21.3. The molecule has 1 fully saturated rings. The number of ether oxygens (including phenoxy) is 2. The van der Waals surface area contributed by atoms with Crippen molar-refractivity contribution in [2.75, 3.05) is 12.3 Å². The van der Waals surface area contributed by atoms with E-state index in [-0.39, 0.29) is 24.2 Å². The first kappa shape index (κ1) is 28.8. The molecule has 2 unspecified atom stereocenters. The van der Waals surface area contributed by atoms with Crippen molar-refractivity contribution in [1.29, 1.82) is 0 Å². The number of carbonyl (C=O) groups excluding carboxylic acids is 1. The predicted molar refractivity (Wildman–Crippen MR) is 117 cm³/mol. The van der Waals surface area contributed by atoms with Crippen LogP contribution in [0.2, 0.25) is 0 Å². The van der Waals surface area contributed by atoms with Crippen molar-refractivity contribution >= 4 is 46.4 Å². The highest BCUT2D eigenvalue weighted by atomic mass is 31.3. The molecule has 3 heterocycles. The lowest BCUT2D eigenvalue weighted by atomic mass is 10.2. The maximum atomic E-state index is 12.2. The molecule has 21 heteroatoms. The number of fused-ring (bicyclic) bond motifs is 1. The number of hydrogen-bond acceptors (Lipinski definition) is 13. The van der Waals surface area contributed by atoms with Gasteiger partial charge in [-0.15, -0.1) is 0 Å². The van der Waals surface area contributed by atoms with Crippen LogP contribution in [0.3, 0.4) is 0 Å². The molecule has 36 heavy (non-hydrogen) atoms. The summed E-state index contributed by atoms with van der Waals surface area (Å²) in [5.74, 6) is -0.444. The molecule has 0 bridgehead atoms. The highest BCUT2D eigenvalue weighted by molar-refractivity contribution is 7.66. The third-order valence-electron chi connectivity index (χ3n) is 4.71. The molecule has 2 aromatic heterocycles. The quantitative estimate of drug-likeness (QED) is 0.175. The van der Waals surface area contributed by atoms with E-state index >= 15 is 0 Å². The number of nitrogens with two attached hydrogens (primary N) is 1. The minimum atomic E-state index is -5.70. The summed E-state index contributed by atoms with van der Waals surface area (Å²) in [6, 6.07) is 0. The van der Waals surface area contributed by atoms with Crippen LogP contribution >= 0.6 is 23.5 Å². The van der Waals surface area contributed by atoms with Gasteiger partial charge in [-0.3, -0.25) is 13.9 Å². The zero-order valence-electron chi connectivity index (χ0n) is 18.6. The lowest BCUT2D eigenvalue weighted by Crippen LogP contribution is -2.31. The Balaban J connectivity index is 1.75. The van der Waals surface area contributed by atoms with Gasteiger partial charge in [0.15, 0.2) is 11.5 Å². The first-order valence-corrected chi connectivity index (χ1v) is 14.8. The Kier molecular flexibility index (Phi) is 9.02. The van der Waals surface area contributed by atoms with Crippen molar-refractivity contribution in [3.63, 3.8) is 0 Å². The van der Waals surface area contributed by atoms with Crippen LogP contribution in [0, 0.1) is 0 Å². The summed E-state index contributed by atoms with van der Waals surface area (Å²) in [5, 5.41) is 0. The van der Waals surface area contributed by atoms with Gasteiger partial charge >= 0.3 is 29.4 Å². The normalized spacial score (nSPS) is 23.9. The predicted octanol–water partition coefficient (Wildman–Crippen LogP) is 1.14. The molecule has 1 saturated heterocycles. The van der Waals surface area contributed by atoms with Crippen LogP contribution in [0.5, 0.6) is 0 Å². The van der Waals surface area contributed by atoms with Gasteiger partial charge in [0.1, 0.15) is 30.3 Å². The second kappa shape index (κ2) is 11.3. The molecule has 5 atom stereocenters. The van der Waals surface area contributed by atoms with Crippen molar-refractivity contribution < 1.29 is 60.7 Å². The molecule has 1 aliphatic rings. The van der Waals surface area contributed by atoms with E-state index in [2.05, 4.69) is 28.1 Å². The van der Waals surface area contributed by atoms with Gasteiger partial charge in [0, 0.05) is 12.8 Å². The third kappa shape index (κ3) is 7.84. The van der Waals surface area contributed by atoms with Gasteiger partial charge < -0.3 is 34.8 Å². The monoisotopic (exact) mass is 575 g/mol. The summed E-state index contributed by atoms with van der Waals surface area (Å²) in [7, 11) is -16.7. The van der Waals surface area contributed by atoms with Gasteiger partial charge in [0.2, 0.25) is 0 Å². The number of imidazole rings is 1. The molecule has 0 aromatic carbocycles. The van der Waals surface area contributed by atoms with E-state index in [9.17, 15) is 28.3 Å². The molecule has 1 aliphatic heterocycles. The largest absolute Gasteiger partial charge is 0.490 e. The van der Waals surface area contributed by atoms with Crippen LogP contribution in [-0.4, -0.2) is 63.9 Å². The Hall–Kier alpha value is -1.81. The molecular formula is C15H24N5O13P3. The number of rotatable bonds is 12. The number of esters is 1. The fraction of sp³-hybridized carbons (Fsp3) is 0.600. The number of unbranched alkanes of at least 4 members (excludes halogenated alkanes) is 1. The maximum Gasteiger partial charge on any atom is 0.490 e. The number of aromatic nitrogens is 4. The van der Waals surface area contributed by atoms with E-state index in [0.717, 1.165) is 6.42 Å². The molecule has 202 valence electrons. The van der Waals surface area contributed by atoms with Crippen LogP contribution in [0.15, 0.2) is 12.7 Å². The number of anilines is 1. The zero-order chi connectivity index (χ0) is 26.7. The summed E-state index contributed by atoms with van der Waals surface area (Å²) in [6.07, 6.45) is 0.991. The van der Waals surface area contributed by atoms with E-state index in [1.165, 1.54) is 17.2 Å². The lowest BCUT2D eigenvalue weighted by Gasteiger charge is -2.21. The van der Waals surface area contributed by atoms with Gasteiger partial charge in [0.25, 0.3) is 0 Å². The van der Waals surface area contributed by atoms with Crippen molar-refractivity contribution in [1.82, 2.24) is 19.5 Å². The second-order valence-electron chi connectivity index (χ2n) is 7.47. The number of hydrogen-bond donors (Lipinski definition) is 5. The molecule has 0 saturated carbocycles. The Morgan fingerprint density at radius 3 is 2.56 bits per heavy atom. The van der Waals surface area contributed by atoms with Crippen LogP contribution in [0.25, 0.3) is 11.2 Å². The van der Waals surface area contributed by atoms with Gasteiger partial charge in [-0.25, -0.2) is 28.6 Å². The molecule has 0 aliphatic carbocycles. The number of nitrogens with zero attached hydrogens (tertiary/aromatic N) is 4. The van der Waals surface area contributed by atoms with E-state index < -0.39 is 54.5 Å². The summed E-state index contributed by atoms with van der Waals surface area (Å²) >= 11 is 0. The highest BCUT2D eigenvalue weighted by Crippen LogP contribution is 2.66. The molecule has 18 nitrogen and oxygen atoms in total. The molecule has 6 N–H and O–H groups in total. The fourth-order valence-corrected chi connectivity index (χ4v) is 6.28. The standard InChI is InChI=1S/C15H24N5O13P3/c1-2-3-4-12(21)31-9-5-11(20-8-19-13-14(16)17-7-18-15(13)20)30-10(9)6-29-35(25,26)33-36(27,28)32-34(22,23)24/h7-11H,2-6H2,1H3,(H,25,26)(H,27,28)(H2,16,17,18)(H2,22,23,24)/t9-,10+,11+/m0/s1. The van der Waals surface area contributed by atoms with Crippen molar-refractivity contribution in [3.05, 3.63) is 12.7 Å². The van der Waals surface area contributed by atoms with Crippen LogP contribution in [0.1, 0.15) is 38.8 Å². The Morgan fingerprint density at radius 2 is 1.89 bits per heavy atom. The lowest BCUT2D eigenvalue weighted by molar-refractivity contribution is -0.153. The molecule has 2 aromatic rings. The Morgan fingerprint density at radius 1 is 1.17 bits per heavy atom. The Labute approximate surface area is 203 Å². The minimum Gasteiger partial charge on any atom is -0.459 e. The van der Waals surface area contributed by atoms with E-state index in [1.54, 1.807) is 0 Å². The first-order valence-electron chi connectivity index (χ1n) is 10.3. The van der Waals surface area contributed by atoms with Crippen LogP contribution in [0.4, 0.5) is 5.82 Å². The smallest absolute Gasteiger partial charge is 0.459 e. The SMILES string of the molecule is CCCCC(=O)O[C@H]1C[C@H](n2cnc3c(N)ncnc32)O[C@@H]1COP(=O)(O)OP(=O)(O)OP(=O)(O)O. The summed E-state index contributed by atoms with van der Waals surface area (Å²) in [6.45, 7) is 1.08. The number of phosphoric acid groups is 3. The summed E-state index contributed by atoms with van der Waals surface area (Å²) in [4.78, 5) is 60.6. The number of nitrogen functional groups attached to an aromatic ring is 1.